The van der Waals surface area contributed by atoms with Gasteiger partial charge in [0.05, 0.1) is 34.9 Å². The Balaban J connectivity index is 1.59. The van der Waals surface area contributed by atoms with E-state index in [1.165, 1.54) is 11.1 Å². The van der Waals surface area contributed by atoms with Crippen LogP contribution in [0.5, 0.6) is 0 Å². The maximum absolute atomic E-state index is 7.57. The fourth-order valence-corrected chi connectivity index (χ4v) is 125. The zero-order chi connectivity index (χ0) is 49.7. The molecule has 1 aliphatic carbocycles. The van der Waals surface area contributed by atoms with Crippen molar-refractivity contribution in [3.63, 3.8) is 0 Å². The number of rotatable bonds is 12. The average molecular weight is 1030 g/mol. The van der Waals surface area contributed by atoms with Gasteiger partial charge in [-0.25, -0.2) is 9.97 Å². The van der Waals surface area contributed by atoms with Gasteiger partial charge in [-0.2, -0.15) is 0 Å². The Labute approximate surface area is 418 Å². The highest BCUT2D eigenvalue weighted by atomic mass is 29.9. The summed E-state index contributed by atoms with van der Waals surface area (Å²) < 4.78 is 15.1. The maximum Gasteiger partial charge on any atom is 0.350 e. The van der Waals surface area contributed by atoms with Crippen molar-refractivity contribution in [2.75, 3.05) is 0 Å². The van der Waals surface area contributed by atoms with Gasteiger partial charge in [-0.15, -0.1) is 0 Å². The van der Waals surface area contributed by atoms with Crippen molar-refractivity contribution < 1.29 is 8.23 Å². The first-order valence-corrected chi connectivity index (χ1v) is 49.4. The van der Waals surface area contributed by atoms with Gasteiger partial charge in [0.15, 0.2) is 16.6 Å². The van der Waals surface area contributed by atoms with Crippen LogP contribution >= 0.6 is 0 Å². The van der Waals surface area contributed by atoms with E-state index >= 15 is 0 Å². The lowest BCUT2D eigenvalue weighted by molar-refractivity contribution is 0.405. The molecule has 0 saturated carbocycles. The summed E-state index contributed by atoms with van der Waals surface area (Å²) in [6, 6.07) is 39.3. The quantitative estimate of drug-likeness (QED) is 0.120. The first-order chi connectivity index (χ1) is 32.2. The molecular formula is C56H72N4O2Si7. The number of allylic oxidation sites excluding steroid dienone is 2. The topological polar surface area (TPSA) is 75.8 Å². The average Bonchev–Trinajstić information content (AvgIpc) is 4.08. The van der Waals surface area contributed by atoms with E-state index in [1.807, 2.05) is 0 Å². The molecule has 0 atom stereocenters. The molecule has 0 amide bonds. The molecule has 13 heteroatoms. The van der Waals surface area contributed by atoms with Gasteiger partial charge in [0.1, 0.15) is 0 Å². The van der Waals surface area contributed by atoms with Crippen molar-refractivity contribution in [2.45, 2.75) is 105 Å². The summed E-state index contributed by atoms with van der Waals surface area (Å²) in [7, 11) is -13.2. The zero-order valence-corrected chi connectivity index (χ0v) is 50.9. The van der Waals surface area contributed by atoms with Crippen LogP contribution in [0.4, 0.5) is 0 Å². The number of aromatic amines is 2. The van der Waals surface area contributed by atoms with E-state index in [9.17, 15) is 0 Å². The lowest BCUT2D eigenvalue weighted by Gasteiger charge is -2.58. The molecular weight excluding hydrogens is 957 g/mol. The molecule has 6 nitrogen and oxygen atoms in total. The Hall–Kier alpha value is -4.56. The number of hydrogen-bond acceptors (Lipinski definition) is 4. The van der Waals surface area contributed by atoms with E-state index in [-0.39, 0.29) is 0 Å². The first-order valence-electron chi connectivity index (χ1n) is 24.7. The fraction of sp³-hybridized carbons (Fsp3) is 0.286. The minimum atomic E-state index is -3.18. The van der Waals surface area contributed by atoms with E-state index in [1.54, 1.807) is 5.20 Å². The molecule has 5 heterocycles. The van der Waals surface area contributed by atoms with Crippen molar-refractivity contribution >= 4 is 112 Å². The van der Waals surface area contributed by atoms with Crippen LogP contribution in [0.3, 0.4) is 0 Å². The third-order valence-corrected chi connectivity index (χ3v) is 94.6. The van der Waals surface area contributed by atoms with Gasteiger partial charge < -0.3 is 18.2 Å². The lowest BCUT2D eigenvalue weighted by atomic mass is 10.0. The number of aromatic nitrogens is 4. The second-order valence-corrected chi connectivity index (χ2v) is 77.2. The standard InChI is InChI=1S/C56H72N4O2Si7/c1-63(2,3)61-68(16,62-64(4,5)6)51-38-49-54(41-30-24-19-25-31-41)47-35-33-45(58-47)52(39-26-20-17-21-27-39)44-32-34-46(57-44)53(40-28-22-18-23-29-40)48-36-42-50(37-43(55(42)59-48)56(51)60-49)69(65(7,8)9,66(10,11)12)67(13,14)15/h17-38,57,60H,1-16H3. The molecule has 0 radical (unpaired) electrons. The molecule has 2 aliphatic heterocycles. The van der Waals surface area contributed by atoms with Crippen molar-refractivity contribution in [1.82, 2.24) is 19.9 Å². The summed E-state index contributed by atoms with van der Waals surface area (Å²) >= 11 is 0. The molecule has 3 aromatic heterocycles. The molecule has 69 heavy (non-hydrogen) atoms. The van der Waals surface area contributed by atoms with Gasteiger partial charge in [0, 0.05) is 72.3 Å². The van der Waals surface area contributed by atoms with Crippen LogP contribution in [0.25, 0.3) is 85.3 Å². The summed E-state index contributed by atoms with van der Waals surface area (Å²) in [5.74, 6) is 0. The van der Waals surface area contributed by atoms with Crippen LogP contribution in [0, 0.1) is 0 Å². The molecule has 0 fully saturated rings. The Kier molecular flexibility index (Phi) is 12.4. The minimum absolute atomic E-state index is 0.907. The van der Waals surface area contributed by atoms with Crippen LogP contribution < -0.4 is 5.19 Å². The third kappa shape index (κ3) is 8.86. The molecule has 8 bridgehead atoms. The number of nitrogens with zero attached hydrogens (tertiary/aromatic N) is 2. The molecule has 3 aliphatic rings. The minimum Gasteiger partial charge on any atom is -0.433 e. The Morgan fingerprint density at radius 1 is 0.435 bits per heavy atom. The molecule has 0 saturated heterocycles. The predicted molar refractivity (Wildman–Crippen MR) is 318 cm³/mol. The highest BCUT2D eigenvalue weighted by Crippen LogP contribution is 2.53. The third-order valence-electron chi connectivity index (χ3n) is 14.0. The van der Waals surface area contributed by atoms with E-state index in [0.29, 0.717) is 0 Å². The lowest BCUT2D eigenvalue weighted by Crippen LogP contribution is -2.83. The number of nitrogens with one attached hydrogen (secondary N) is 2. The van der Waals surface area contributed by atoms with Crippen LogP contribution in [0.2, 0.25) is 105 Å². The SMILES string of the molecule is C[Si](C)(C)O[Si](C)(O[Si](C)(C)C)c1cc2[nH]c1c1c3nc(c(-c4ccccc4)c4ccc([nH]4)c(-c4ccccc4)c4nc(c2-c2ccccc2)C=C4)C=C3C([Si]([Si](C)(C)C)([Si](C)(C)C)[Si](C)(C)C)=C1. The normalized spacial score (nSPS) is 14.6. The Morgan fingerprint density at radius 2 is 0.855 bits per heavy atom. The van der Waals surface area contributed by atoms with Gasteiger partial charge in [-0.05, 0) is 98.9 Å². The van der Waals surface area contributed by atoms with Gasteiger partial charge in [-0.3, -0.25) is 0 Å². The zero-order valence-electron chi connectivity index (χ0n) is 43.9. The van der Waals surface area contributed by atoms with Gasteiger partial charge in [0.25, 0.3) is 0 Å². The molecule has 2 N–H and O–H groups in total. The summed E-state index contributed by atoms with van der Waals surface area (Å²) in [5, 5.41) is 2.79. The molecule has 356 valence electrons. The van der Waals surface area contributed by atoms with Gasteiger partial charge in [-0.1, -0.05) is 161 Å². The second-order valence-electron chi connectivity index (χ2n) is 24.4. The van der Waals surface area contributed by atoms with E-state index in [4.69, 9.17) is 18.2 Å². The molecule has 3 aromatic carbocycles. The van der Waals surface area contributed by atoms with Gasteiger partial charge >= 0.3 is 8.56 Å². The maximum atomic E-state index is 7.57. The van der Waals surface area contributed by atoms with Crippen LogP contribution in [-0.2, 0) is 8.23 Å². The van der Waals surface area contributed by atoms with Crippen molar-refractivity contribution in [3.05, 3.63) is 143 Å². The van der Waals surface area contributed by atoms with Crippen LogP contribution in [0.1, 0.15) is 28.3 Å². The number of H-pyrrole nitrogens is 2. The van der Waals surface area contributed by atoms with Crippen LogP contribution in [-0.4, -0.2) is 74.5 Å². The Morgan fingerprint density at radius 3 is 1.28 bits per heavy atom. The van der Waals surface area contributed by atoms with Crippen molar-refractivity contribution in [3.8, 4) is 33.4 Å². The highest BCUT2D eigenvalue weighted by molar-refractivity contribution is 7.91. The largest absolute Gasteiger partial charge is 0.433 e. The monoisotopic (exact) mass is 1030 g/mol. The molecule has 0 spiro atoms. The van der Waals surface area contributed by atoms with Crippen LogP contribution in [0.15, 0.2) is 114 Å². The van der Waals surface area contributed by atoms with Gasteiger partial charge in [0.2, 0.25) is 0 Å². The molecule has 6 aromatic rings. The van der Waals surface area contributed by atoms with E-state index < -0.39 is 54.6 Å². The van der Waals surface area contributed by atoms with E-state index in [0.717, 1.165) is 83.4 Å². The smallest absolute Gasteiger partial charge is 0.350 e. The van der Waals surface area contributed by atoms with Crippen molar-refractivity contribution in [1.29, 1.82) is 0 Å². The summed E-state index contributed by atoms with van der Waals surface area (Å²) in [5.41, 5.74) is 17.1. The summed E-state index contributed by atoms with van der Waals surface area (Å²) in [6.45, 7) is 38.3. The highest BCUT2D eigenvalue weighted by Gasteiger charge is 2.65. The number of benzene rings is 3. The summed E-state index contributed by atoms with van der Waals surface area (Å²) in [4.78, 5) is 19.8. The van der Waals surface area contributed by atoms with E-state index in [2.05, 4.69) is 248 Å². The first kappa shape index (κ1) is 49.4. The number of hydrogen-bond donors (Lipinski definition) is 2. The number of fused-ring (bicyclic) bond motifs is 8. The fourth-order valence-electron chi connectivity index (χ4n) is 13.3. The Bertz CT molecular complexity index is 3200. The summed E-state index contributed by atoms with van der Waals surface area (Å²) in [6.07, 6.45) is 9.58. The molecule has 0 unspecified atom stereocenters. The second kappa shape index (κ2) is 17.3. The predicted octanol–water partition coefficient (Wildman–Crippen LogP) is 15.6. The molecule has 9 rings (SSSR count). The van der Waals surface area contributed by atoms with Crippen molar-refractivity contribution in [2.24, 2.45) is 0 Å².